The zero-order valence-electron chi connectivity index (χ0n) is 16.0. The maximum Gasteiger partial charge on any atom is 0.265 e. The van der Waals surface area contributed by atoms with E-state index in [9.17, 15) is 4.79 Å². The van der Waals surface area contributed by atoms with Crippen LogP contribution in [0.2, 0.25) is 0 Å². The van der Waals surface area contributed by atoms with Gasteiger partial charge in [0.1, 0.15) is 5.75 Å². The first kappa shape index (κ1) is 20.5. The molecule has 0 saturated carbocycles. The van der Waals surface area contributed by atoms with Gasteiger partial charge in [-0.3, -0.25) is 4.79 Å². The molecule has 0 spiro atoms. The minimum Gasteiger partial charge on any atom is -0.481 e. The second-order valence-electron chi connectivity index (χ2n) is 6.89. The second-order valence-corrected chi connectivity index (χ2v) is 7.75. The molecule has 0 bridgehead atoms. The van der Waals surface area contributed by atoms with Crippen LogP contribution in [0.1, 0.15) is 57.6 Å². The largest absolute Gasteiger partial charge is 0.481 e. The van der Waals surface area contributed by atoms with Crippen LogP contribution in [-0.2, 0) is 11.2 Å². The van der Waals surface area contributed by atoms with Crippen molar-refractivity contribution in [2.24, 2.45) is 0 Å². The Hall–Kier alpha value is -1.81. The van der Waals surface area contributed by atoms with Crippen LogP contribution in [0, 0.1) is 0 Å². The number of benzene rings is 2. The van der Waals surface area contributed by atoms with Gasteiger partial charge in [0, 0.05) is 4.47 Å². The fourth-order valence-electron chi connectivity index (χ4n) is 2.62. The minimum atomic E-state index is -0.577. The smallest absolute Gasteiger partial charge is 0.265 e. The molecule has 0 aromatic heterocycles. The molecule has 26 heavy (non-hydrogen) atoms. The van der Waals surface area contributed by atoms with Gasteiger partial charge in [0.05, 0.1) is 5.69 Å². The summed E-state index contributed by atoms with van der Waals surface area (Å²) in [5.41, 5.74) is 3.29. The summed E-state index contributed by atoms with van der Waals surface area (Å²) in [7, 11) is 0. The average Bonchev–Trinajstić information content (AvgIpc) is 2.62. The lowest BCUT2D eigenvalue weighted by molar-refractivity contribution is -0.122. The highest BCUT2D eigenvalue weighted by Crippen LogP contribution is 2.25. The molecule has 3 nitrogen and oxygen atoms in total. The Labute approximate surface area is 165 Å². The normalized spacial score (nSPS) is 12.1. The van der Waals surface area contributed by atoms with Crippen molar-refractivity contribution in [1.82, 2.24) is 0 Å². The van der Waals surface area contributed by atoms with Crippen molar-refractivity contribution in [3.63, 3.8) is 0 Å². The van der Waals surface area contributed by atoms with Crippen LogP contribution in [0.4, 0.5) is 5.69 Å². The number of halogens is 1. The van der Waals surface area contributed by atoms with E-state index >= 15 is 0 Å². The SMILES string of the molecule is CCCCc1ccc(NC(=O)C(C)Oc2ccc(C(C)C)cc2)c(Br)c1. The lowest BCUT2D eigenvalue weighted by Crippen LogP contribution is -2.30. The molecule has 0 heterocycles. The number of aryl methyl sites for hydroxylation is 1. The molecular formula is C22H28BrNO2. The number of hydrogen-bond acceptors (Lipinski definition) is 2. The van der Waals surface area contributed by atoms with E-state index in [0.717, 1.165) is 16.6 Å². The van der Waals surface area contributed by atoms with E-state index in [1.165, 1.54) is 24.0 Å². The predicted octanol–water partition coefficient (Wildman–Crippen LogP) is 6.32. The van der Waals surface area contributed by atoms with Gasteiger partial charge in [-0.05, 0) is 77.0 Å². The number of hydrogen-bond donors (Lipinski definition) is 1. The molecule has 0 aliphatic carbocycles. The van der Waals surface area contributed by atoms with Gasteiger partial charge in [0.2, 0.25) is 0 Å². The lowest BCUT2D eigenvalue weighted by Gasteiger charge is -2.16. The van der Waals surface area contributed by atoms with Crippen molar-refractivity contribution in [3.05, 3.63) is 58.1 Å². The van der Waals surface area contributed by atoms with Crippen LogP contribution in [0.5, 0.6) is 5.75 Å². The van der Waals surface area contributed by atoms with E-state index in [2.05, 4.69) is 54.2 Å². The van der Waals surface area contributed by atoms with Gasteiger partial charge in [-0.1, -0.05) is 45.4 Å². The highest BCUT2D eigenvalue weighted by Gasteiger charge is 2.16. The molecule has 0 radical (unpaired) electrons. The van der Waals surface area contributed by atoms with Gasteiger partial charge >= 0.3 is 0 Å². The Balaban J connectivity index is 1.96. The molecule has 0 aliphatic heterocycles. The van der Waals surface area contributed by atoms with Crippen LogP contribution >= 0.6 is 15.9 Å². The molecule has 1 amide bonds. The Morgan fingerprint density at radius 2 is 1.81 bits per heavy atom. The van der Waals surface area contributed by atoms with Gasteiger partial charge < -0.3 is 10.1 Å². The molecule has 2 aromatic carbocycles. The van der Waals surface area contributed by atoms with Gasteiger partial charge in [0.15, 0.2) is 6.10 Å². The minimum absolute atomic E-state index is 0.167. The number of ether oxygens (including phenoxy) is 1. The summed E-state index contributed by atoms with van der Waals surface area (Å²) >= 11 is 3.55. The number of amides is 1. The molecule has 1 atom stereocenters. The maximum atomic E-state index is 12.4. The molecule has 2 aromatic rings. The van der Waals surface area contributed by atoms with E-state index in [1.54, 1.807) is 6.92 Å². The van der Waals surface area contributed by atoms with Crippen molar-refractivity contribution in [3.8, 4) is 5.75 Å². The summed E-state index contributed by atoms with van der Waals surface area (Å²) in [6.07, 6.45) is 2.81. The van der Waals surface area contributed by atoms with Crippen molar-refractivity contribution < 1.29 is 9.53 Å². The van der Waals surface area contributed by atoms with E-state index in [1.807, 2.05) is 30.3 Å². The number of unbranched alkanes of at least 4 members (excludes halogenated alkanes) is 1. The number of nitrogens with one attached hydrogen (secondary N) is 1. The van der Waals surface area contributed by atoms with E-state index in [-0.39, 0.29) is 5.91 Å². The van der Waals surface area contributed by atoms with E-state index < -0.39 is 6.10 Å². The Morgan fingerprint density at radius 1 is 1.12 bits per heavy atom. The number of anilines is 1. The second kappa shape index (κ2) is 9.77. The van der Waals surface area contributed by atoms with Crippen LogP contribution in [-0.4, -0.2) is 12.0 Å². The summed E-state index contributed by atoms with van der Waals surface area (Å²) in [4.78, 5) is 12.4. The highest BCUT2D eigenvalue weighted by atomic mass is 79.9. The van der Waals surface area contributed by atoms with E-state index in [0.29, 0.717) is 11.7 Å². The third-order valence-corrected chi connectivity index (χ3v) is 5.00. The standard InChI is InChI=1S/C22H28BrNO2/c1-5-6-7-17-8-13-21(20(23)14-17)24-22(25)16(4)26-19-11-9-18(10-12-19)15(2)3/h8-16H,5-7H2,1-4H3,(H,24,25). The summed E-state index contributed by atoms with van der Waals surface area (Å²) in [6.45, 7) is 8.24. The van der Waals surface area contributed by atoms with Gasteiger partial charge in [-0.25, -0.2) is 0 Å². The van der Waals surface area contributed by atoms with E-state index in [4.69, 9.17) is 4.74 Å². The molecule has 0 fully saturated rings. The summed E-state index contributed by atoms with van der Waals surface area (Å²) in [5.74, 6) is 1.01. The summed E-state index contributed by atoms with van der Waals surface area (Å²) in [5, 5.41) is 2.93. The lowest BCUT2D eigenvalue weighted by atomic mass is 10.0. The summed E-state index contributed by atoms with van der Waals surface area (Å²) < 4.78 is 6.67. The quantitative estimate of drug-likeness (QED) is 0.545. The maximum absolute atomic E-state index is 12.4. The number of rotatable bonds is 8. The molecular weight excluding hydrogens is 390 g/mol. The summed E-state index contributed by atoms with van der Waals surface area (Å²) in [6, 6.07) is 14.0. The molecule has 1 unspecified atom stereocenters. The number of carbonyl (C=O) groups is 1. The molecule has 140 valence electrons. The Bertz CT molecular complexity index is 725. The topological polar surface area (TPSA) is 38.3 Å². The zero-order valence-corrected chi connectivity index (χ0v) is 17.6. The van der Waals surface area contributed by atoms with Gasteiger partial charge in [0.25, 0.3) is 5.91 Å². The molecule has 0 aliphatic rings. The number of carbonyl (C=O) groups excluding carboxylic acids is 1. The van der Waals surface area contributed by atoms with Crippen molar-refractivity contribution in [1.29, 1.82) is 0 Å². The van der Waals surface area contributed by atoms with Gasteiger partial charge in [-0.2, -0.15) is 0 Å². The monoisotopic (exact) mass is 417 g/mol. The van der Waals surface area contributed by atoms with Crippen molar-refractivity contribution in [2.45, 2.75) is 59.0 Å². The first-order valence-corrected chi connectivity index (χ1v) is 10.1. The van der Waals surface area contributed by atoms with Crippen molar-refractivity contribution >= 4 is 27.5 Å². The average molecular weight is 418 g/mol. The van der Waals surface area contributed by atoms with Gasteiger partial charge in [-0.15, -0.1) is 0 Å². The first-order valence-electron chi connectivity index (χ1n) is 9.26. The third kappa shape index (κ3) is 5.87. The molecule has 1 N–H and O–H groups in total. The zero-order chi connectivity index (χ0) is 19.1. The van der Waals surface area contributed by atoms with Crippen LogP contribution < -0.4 is 10.1 Å². The third-order valence-electron chi connectivity index (χ3n) is 4.34. The Kier molecular flexibility index (Phi) is 7.70. The fraction of sp³-hybridized carbons (Fsp3) is 0.409. The highest BCUT2D eigenvalue weighted by molar-refractivity contribution is 9.10. The molecule has 4 heteroatoms. The Morgan fingerprint density at radius 3 is 2.38 bits per heavy atom. The first-order chi connectivity index (χ1) is 12.4. The van der Waals surface area contributed by atoms with Crippen LogP contribution in [0.25, 0.3) is 0 Å². The molecule has 2 rings (SSSR count). The molecule has 0 saturated heterocycles. The van der Waals surface area contributed by atoms with Crippen molar-refractivity contribution in [2.75, 3.05) is 5.32 Å². The van der Waals surface area contributed by atoms with Crippen LogP contribution in [0.15, 0.2) is 46.9 Å². The fourth-order valence-corrected chi connectivity index (χ4v) is 3.15. The predicted molar refractivity (Wildman–Crippen MR) is 112 cm³/mol. The van der Waals surface area contributed by atoms with Crippen LogP contribution in [0.3, 0.4) is 0 Å².